The SMILES string of the molecule is NCCCn1ccc2c(Br)cccc21. The van der Waals surface area contributed by atoms with Gasteiger partial charge in [0.1, 0.15) is 0 Å². The molecule has 2 aromatic rings. The van der Waals surface area contributed by atoms with Crippen molar-refractivity contribution in [2.24, 2.45) is 5.73 Å². The van der Waals surface area contributed by atoms with Crippen molar-refractivity contribution >= 4 is 26.8 Å². The number of fused-ring (bicyclic) bond motifs is 1. The molecule has 0 aliphatic carbocycles. The van der Waals surface area contributed by atoms with Crippen molar-refractivity contribution in [1.29, 1.82) is 0 Å². The van der Waals surface area contributed by atoms with Gasteiger partial charge in [-0.05, 0) is 31.2 Å². The summed E-state index contributed by atoms with van der Waals surface area (Å²) in [7, 11) is 0. The van der Waals surface area contributed by atoms with Crippen LogP contribution < -0.4 is 5.73 Å². The zero-order chi connectivity index (χ0) is 9.97. The molecule has 0 unspecified atom stereocenters. The normalized spacial score (nSPS) is 11.0. The Hall–Kier alpha value is -0.800. The fourth-order valence-corrected chi connectivity index (χ4v) is 2.13. The molecule has 0 radical (unpaired) electrons. The summed E-state index contributed by atoms with van der Waals surface area (Å²) >= 11 is 3.54. The van der Waals surface area contributed by atoms with Crippen LogP contribution in [0.4, 0.5) is 0 Å². The standard InChI is InChI=1S/C11H13BrN2/c12-10-3-1-4-11-9(10)5-8-14(11)7-2-6-13/h1,3-5,8H,2,6-7,13H2. The molecule has 3 heteroatoms. The Morgan fingerprint density at radius 3 is 2.93 bits per heavy atom. The van der Waals surface area contributed by atoms with E-state index in [1.165, 1.54) is 10.9 Å². The second-order valence-corrected chi connectivity index (χ2v) is 4.18. The highest BCUT2D eigenvalue weighted by atomic mass is 79.9. The van der Waals surface area contributed by atoms with Crippen molar-refractivity contribution in [2.75, 3.05) is 6.54 Å². The van der Waals surface area contributed by atoms with Gasteiger partial charge >= 0.3 is 0 Å². The Morgan fingerprint density at radius 2 is 2.14 bits per heavy atom. The van der Waals surface area contributed by atoms with Crippen molar-refractivity contribution in [1.82, 2.24) is 4.57 Å². The molecule has 0 atom stereocenters. The van der Waals surface area contributed by atoms with E-state index in [0.29, 0.717) is 0 Å². The van der Waals surface area contributed by atoms with Crippen LogP contribution in [0.25, 0.3) is 10.9 Å². The summed E-state index contributed by atoms with van der Waals surface area (Å²) < 4.78 is 3.40. The highest BCUT2D eigenvalue weighted by molar-refractivity contribution is 9.10. The van der Waals surface area contributed by atoms with Gasteiger partial charge in [0.15, 0.2) is 0 Å². The molecule has 0 fully saturated rings. The number of nitrogens with zero attached hydrogens (tertiary/aromatic N) is 1. The van der Waals surface area contributed by atoms with Gasteiger partial charge in [-0.15, -0.1) is 0 Å². The molecule has 0 saturated heterocycles. The number of aromatic nitrogens is 1. The molecule has 1 aromatic carbocycles. The van der Waals surface area contributed by atoms with Crippen LogP contribution in [0.5, 0.6) is 0 Å². The van der Waals surface area contributed by atoms with Crippen LogP contribution in [0, 0.1) is 0 Å². The highest BCUT2D eigenvalue weighted by Crippen LogP contribution is 2.24. The van der Waals surface area contributed by atoms with Gasteiger partial charge < -0.3 is 10.3 Å². The van der Waals surface area contributed by atoms with Crippen molar-refractivity contribution in [2.45, 2.75) is 13.0 Å². The van der Waals surface area contributed by atoms with E-state index < -0.39 is 0 Å². The smallest absolute Gasteiger partial charge is 0.0491 e. The van der Waals surface area contributed by atoms with Gasteiger partial charge in [0.2, 0.25) is 0 Å². The van der Waals surface area contributed by atoms with Gasteiger partial charge in [-0.1, -0.05) is 22.0 Å². The van der Waals surface area contributed by atoms with E-state index in [1.807, 2.05) is 0 Å². The van der Waals surface area contributed by atoms with Gasteiger partial charge in [0, 0.05) is 28.1 Å². The number of rotatable bonds is 3. The Balaban J connectivity index is 2.42. The maximum absolute atomic E-state index is 5.50. The average Bonchev–Trinajstić information content (AvgIpc) is 2.60. The molecule has 1 heterocycles. The molecule has 2 rings (SSSR count). The molecule has 2 nitrogen and oxygen atoms in total. The zero-order valence-electron chi connectivity index (χ0n) is 7.91. The summed E-state index contributed by atoms with van der Waals surface area (Å²) in [5, 5.41) is 1.27. The minimum atomic E-state index is 0.744. The minimum absolute atomic E-state index is 0.744. The second kappa shape index (κ2) is 4.15. The van der Waals surface area contributed by atoms with Crippen LogP contribution in [0.3, 0.4) is 0 Å². The monoisotopic (exact) mass is 252 g/mol. The molecule has 74 valence electrons. The Bertz CT molecular complexity index is 434. The molecule has 2 N–H and O–H groups in total. The first kappa shape index (κ1) is 9.74. The maximum Gasteiger partial charge on any atom is 0.0491 e. The molecular weight excluding hydrogens is 240 g/mol. The van der Waals surface area contributed by atoms with Crippen molar-refractivity contribution in [3.8, 4) is 0 Å². The van der Waals surface area contributed by atoms with Gasteiger partial charge in [-0.25, -0.2) is 0 Å². The molecule has 0 spiro atoms. The summed E-state index contributed by atoms with van der Waals surface area (Å²) in [5.41, 5.74) is 6.77. The molecule has 1 aromatic heterocycles. The predicted molar refractivity (Wildman–Crippen MR) is 63.3 cm³/mol. The van der Waals surface area contributed by atoms with Crippen LogP contribution in [-0.2, 0) is 6.54 Å². The van der Waals surface area contributed by atoms with Gasteiger partial charge in [0.05, 0.1) is 0 Å². The van der Waals surface area contributed by atoms with E-state index in [2.05, 4.69) is 51.0 Å². The fourth-order valence-electron chi connectivity index (χ4n) is 1.64. The number of benzene rings is 1. The van der Waals surface area contributed by atoms with Gasteiger partial charge in [-0.2, -0.15) is 0 Å². The lowest BCUT2D eigenvalue weighted by Crippen LogP contribution is -2.04. The number of hydrogen-bond donors (Lipinski definition) is 1. The summed E-state index contributed by atoms with van der Waals surface area (Å²) in [6.45, 7) is 1.74. The average molecular weight is 253 g/mol. The van der Waals surface area contributed by atoms with Crippen LogP contribution in [-0.4, -0.2) is 11.1 Å². The van der Waals surface area contributed by atoms with Gasteiger partial charge in [0.25, 0.3) is 0 Å². The predicted octanol–water partition coefficient (Wildman–Crippen LogP) is 2.75. The van der Waals surface area contributed by atoms with Crippen molar-refractivity contribution < 1.29 is 0 Å². The third-order valence-electron chi connectivity index (χ3n) is 2.36. The van der Waals surface area contributed by atoms with Crippen molar-refractivity contribution in [3.63, 3.8) is 0 Å². The van der Waals surface area contributed by atoms with E-state index in [9.17, 15) is 0 Å². The third kappa shape index (κ3) is 1.70. The Labute approximate surface area is 91.8 Å². The number of hydrogen-bond acceptors (Lipinski definition) is 1. The minimum Gasteiger partial charge on any atom is -0.347 e. The lowest BCUT2D eigenvalue weighted by Gasteiger charge is -2.03. The molecule has 0 aliphatic rings. The molecule has 14 heavy (non-hydrogen) atoms. The van der Waals surface area contributed by atoms with E-state index in [4.69, 9.17) is 5.73 Å². The Morgan fingerprint density at radius 1 is 1.29 bits per heavy atom. The van der Waals surface area contributed by atoms with Crippen LogP contribution >= 0.6 is 15.9 Å². The lowest BCUT2D eigenvalue weighted by molar-refractivity contribution is 0.671. The molecule has 0 saturated carbocycles. The number of halogens is 1. The second-order valence-electron chi connectivity index (χ2n) is 3.32. The van der Waals surface area contributed by atoms with Crippen LogP contribution in [0.15, 0.2) is 34.9 Å². The summed E-state index contributed by atoms with van der Waals surface area (Å²) in [6, 6.07) is 8.40. The molecular formula is C11H13BrN2. The summed E-state index contributed by atoms with van der Waals surface area (Å²) in [5.74, 6) is 0. The first-order valence-corrected chi connectivity index (χ1v) is 5.55. The van der Waals surface area contributed by atoms with Crippen molar-refractivity contribution in [3.05, 3.63) is 34.9 Å². The van der Waals surface area contributed by atoms with E-state index in [-0.39, 0.29) is 0 Å². The van der Waals surface area contributed by atoms with E-state index in [1.54, 1.807) is 0 Å². The van der Waals surface area contributed by atoms with Gasteiger partial charge in [-0.3, -0.25) is 0 Å². The maximum atomic E-state index is 5.50. The molecule has 0 amide bonds. The molecule has 0 bridgehead atoms. The zero-order valence-corrected chi connectivity index (χ0v) is 9.50. The lowest BCUT2D eigenvalue weighted by atomic mass is 10.2. The van der Waals surface area contributed by atoms with Crippen LogP contribution in [0.1, 0.15) is 6.42 Å². The first-order valence-electron chi connectivity index (χ1n) is 4.76. The van der Waals surface area contributed by atoms with E-state index in [0.717, 1.165) is 24.0 Å². The fraction of sp³-hybridized carbons (Fsp3) is 0.273. The summed E-state index contributed by atoms with van der Waals surface area (Å²) in [4.78, 5) is 0. The largest absolute Gasteiger partial charge is 0.347 e. The van der Waals surface area contributed by atoms with Crippen LogP contribution in [0.2, 0.25) is 0 Å². The number of nitrogens with two attached hydrogens (primary N) is 1. The first-order chi connectivity index (χ1) is 6.83. The topological polar surface area (TPSA) is 30.9 Å². The van der Waals surface area contributed by atoms with E-state index >= 15 is 0 Å². The summed E-state index contributed by atoms with van der Waals surface area (Å²) in [6.07, 6.45) is 3.14. The third-order valence-corrected chi connectivity index (χ3v) is 3.06. The highest BCUT2D eigenvalue weighted by Gasteiger charge is 2.02. The number of aryl methyl sites for hydroxylation is 1. The molecule has 0 aliphatic heterocycles. The Kier molecular flexibility index (Phi) is 2.89. The quantitative estimate of drug-likeness (QED) is 0.895.